The van der Waals surface area contributed by atoms with E-state index in [9.17, 15) is 23.8 Å². The molecule has 3 rings (SSSR count). The molecule has 0 saturated carbocycles. The Balaban J connectivity index is 0.000000261. The van der Waals surface area contributed by atoms with Gasteiger partial charge < -0.3 is 29.7 Å². The van der Waals surface area contributed by atoms with Gasteiger partial charge in [-0.3, -0.25) is 29.2 Å². The van der Waals surface area contributed by atoms with Gasteiger partial charge in [0.1, 0.15) is 18.0 Å². The third-order valence-corrected chi connectivity index (χ3v) is 5.58. The van der Waals surface area contributed by atoms with E-state index in [4.69, 9.17) is 25.8 Å². The number of nitrogens with one attached hydrogen (secondary N) is 1. The van der Waals surface area contributed by atoms with Crippen molar-refractivity contribution in [3.63, 3.8) is 0 Å². The predicted molar refractivity (Wildman–Crippen MR) is 127 cm³/mol. The first-order valence-corrected chi connectivity index (χ1v) is 12.3. The van der Waals surface area contributed by atoms with Gasteiger partial charge >= 0.3 is 11.7 Å². The highest BCUT2D eigenvalue weighted by Gasteiger charge is 2.35. The first-order chi connectivity index (χ1) is 17.4. The molecule has 1 saturated heterocycles. The molecule has 202 valence electrons. The lowest BCUT2D eigenvalue weighted by molar-refractivity contribution is -0.200. The quantitative estimate of drug-likeness (QED) is 0.141. The van der Waals surface area contributed by atoms with Gasteiger partial charge in [-0.25, -0.2) is 4.79 Å². The van der Waals surface area contributed by atoms with Crippen LogP contribution in [0.2, 0.25) is 0 Å². The van der Waals surface area contributed by atoms with E-state index in [1.165, 1.54) is 17.9 Å². The molecule has 1 aromatic heterocycles. The number of aromatic nitrogens is 2. The first kappa shape index (κ1) is 29.7. The number of methoxy groups -OCH3 is 1. The summed E-state index contributed by atoms with van der Waals surface area (Å²) in [5, 5.41) is 12.7. The van der Waals surface area contributed by atoms with Crippen molar-refractivity contribution in [2.75, 3.05) is 13.7 Å². The number of benzene rings is 1. The van der Waals surface area contributed by atoms with Gasteiger partial charge in [0.05, 0.1) is 25.9 Å². The first-order valence-electron chi connectivity index (χ1n) is 10.7. The van der Waals surface area contributed by atoms with Crippen molar-refractivity contribution in [2.24, 2.45) is 16.4 Å². The van der Waals surface area contributed by atoms with Gasteiger partial charge in [-0.1, -0.05) is 17.2 Å². The molecule has 17 heteroatoms. The summed E-state index contributed by atoms with van der Waals surface area (Å²) in [6.45, 7) is 1.26. The number of hydrogen-bond donors (Lipinski definition) is 4. The summed E-state index contributed by atoms with van der Waals surface area (Å²) in [5.41, 5.74) is 18.6. The summed E-state index contributed by atoms with van der Waals surface area (Å²) in [7, 11) is -3.09. The maximum atomic E-state index is 11.7. The van der Waals surface area contributed by atoms with Crippen LogP contribution in [0.4, 0.5) is 0 Å². The average molecular weight is 540 g/mol. The highest BCUT2D eigenvalue weighted by atomic mass is 31.2. The van der Waals surface area contributed by atoms with E-state index in [1.54, 1.807) is 31.2 Å². The van der Waals surface area contributed by atoms with Crippen LogP contribution in [0.25, 0.3) is 10.4 Å². The van der Waals surface area contributed by atoms with Crippen LogP contribution in [-0.4, -0.2) is 52.5 Å². The highest BCUT2D eigenvalue weighted by molar-refractivity contribution is 7.49. The second-order valence-corrected chi connectivity index (χ2v) is 9.17. The lowest BCUT2D eigenvalue weighted by Gasteiger charge is -2.19. The topological polar surface area (TPSA) is 261 Å². The molecule has 16 nitrogen and oxygen atoms in total. The largest absolute Gasteiger partial charge is 0.757 e. The van der Waals surface area contributed by atoms with Crippen molar-refractivity contribution in [1.82, 2.24) is 9.55 Å². The number of hydrogen-bond acceptors (Lipinski definition) is 11. The Hall–Kier alpha value is -3.49. The van der Waals surface area contributed by atoms with Crippen molar-refractivity contribution in [2.45, 2.75) is 44.2 Å². The molecule has 0 aliphatic carbocycles. The molecule has 1 aliphatic rings. The fraction of sp³-hybridized carbons (Fsp3) is 0.450. The van der Waals surface area contributed by atoms with Gasteiger partial charge in [-0.05, 0) is 36.6 Å². The van der Waals surface area contributed by atoms with Crippen LogP contribution in [-0.2, 0) is 25.0 Å². The number of aromatic amines is 1. The zero-order chi connectivity index (χ0) is 27.8. The highest BCUT2D eigenvalue weighted by Crippen LogP contribution is 2.29. The molecule has 1 unspecified atom stereocenters. The molecule has 0 bridgehead atoms. The molecule has 0 amide bonds. The van der Waals surface area contributed by atoms with E-state index in [0.29, 0.717) is 11.3 Å². The minimum atomic E-state index is -4.60. The van der Waals surface area contributed by atoms with Gasteiger partial charge in [-0.15, -0.1) is 0 Å². The molecule has 1 aliphatic heterocycles. The van der Waals surface area contributed by atoms with Crippen LogP contribution in [0, 0.1) is 6.92 Å². The monoisotopic (exact) mass is 540 g/mol. The number of aliphatic hydroxyl groups excluding tert-OH is 1. The molecule has 2 heterocycles. The van der Waals surface area contributed by atoms with Crippen LogP contribution in [0.15, 0.2) is 45.2 Å². The Morgan fingerprint density at radius 1 is 1.49 bits per heavy atom. The second kappa shape index (κ2) is 13.2. The summed E-state index contributed by atoms with van der Waals surface area (Å²) in [6, 6.07) is 5.23. The number of carbonyl (C=O) groups is 1. The number of carbonyl (C=O) groups excluding carboxylic acids is 1. The van der Waals surface area contributed by atoms with Crippen LogP contribution >= 0.6 is 7.75 Å². The number of rotatable bonds is 8. The van der Waals surface area contributed by atoms with Gasteiger partial charge in [0.25, 0.3) is 13.3 Å². The predicted octanol–water partition coefficient (Wildman–Crippen LogP) is -0.661. The molecule has 1 fully saturated rings. The summed E-state index contributed by atoms with van der Waals surface area (Å²) in [5.74, 6) is -0.472. The minimum absolute atomic E-state index is 0.121. The lowest BCUT2D eigenvalue weighted by Crippen LogP contribution is -2.35. The van der Waals surface area contributed by atoms with Crippen molar-refractivity contribution in [3.8, 4) is 5.75 Å². The SMILES string of the molecule is COc1cccc(C[C@H](N)C(=O)OP(N)(=O)[O-])c1.Cc1cn([C@H]2C[C@H](N=[N+]=[N-])[C@@H](CO)O2)c(=O)[nH]c1=O. The summed E-state index contributed by atoms with van der Waals surface area (Å²) >= 11 is 0. The average Bonchev–Trinajstić information content (AvgIpc) is 3.23. The standard InChI is InChI=1S/C10H13N5O4.C10H15N2O5P/c1-5-3-15(10(18)12-9(5)17)8-2-6(13-14-11)7(4-16)19-8;1-16-8-4-2-3-7(5-8)6-9(11)10(13)17-18(12,14)15/h3,6-8,16H,2,4H2,1H3,(H,12,17,18);2-5,9H,6,11H2,1H3,(H3,12,14,15)/p-1/t6-,7+,8+;9-/m00/s1. The number of azide groups is 1. The molecular formula is C20H27N7O9P-. The fourth-order valence-corrected chi connectivity index (χ4v) is 3.75. The molecule has 6 N–H and O–H groups in total. The van der Waals surface area contributed by atoms with Crippen LogP contribution in [0.3, 0.4) is 0 Å². The summed E-state index contributed by atoms with van der Waals surface area (Å²) < 4.78 is 26.3. The van der Waals surface area contributed by atoms with E-state index in [1.807, 2.05) is 0 Å². The second-order valence-electron chi connectivity index (χ2n) is 7.91. The Morgan fingerprint density at radius 2 is 2.19 bits per heavy atom. The Bertz CT molecular complexity index is 1300. The summed E-state index contributed by atoms with van der Waals surface area (Å²) in [6.07, 6.45) is 0.450. The van der Waals surface area contributed by atoms with Crippen molar-refractivity contribution in [3.05, 3.63) is 72.9 Å². The number of nitrogens with zero attached hydrogens (tertiary/aromatic N) is 4. The molecule has 2 aromatic rings. The van der Waals surface area contributed by atoms with Gasteiger partial charge in [0.2, 0.25) is 0 Å². The molecule has 37 heavy (non-hydrogen) atoms. The van der Waals surface area contributed by atoms with E-state index < -0.39 is 49.4 Å². The third kappa shape index (κ3) is 8.84. The van der Waals surface area contributed by atoms with Gasteiger partial charge in [0.15, 0.2) is 0 Å². The molecule has 0 radical (unpaired) electrons. The van der Waals surface area contributed by atoms with Crippen molar-refractivity contribution < 1.29 is 33.4 Å². The molecule has 5 atom stereocenters. The van der Waals surface area contributed by atoms with Crippen LogP contribution in [0.1, 0.15) is 23.8 Å². The smallest absolute Gasteiger partial charge is 0.330 e. The van der Waals surface area contributed by atoms with Crippen LogP contribution in [0.5, 0.6) is 5.75 Å². The van der Waals surface area contributed by atoms with E-state index in [2.05, 4.69) is 25.0 Å². The van der Waals surface area contributed by atoms with Crippen molar-refractivity contribution in [1.29, 1.82) is 0 Å². The van der Waals surface area contributed by atoms with Crippen molar-refractivity contribution >= 4 is 13.7 Å². The summed E-state index contributed by atoms with van der Waals surface area (Å²) in [4.78, 5) is 49.7. The zero-order valence-corrected chi connectivity index (χ0v) is 20.8. The Morgan fingerprint density at radius 3 is 2.78 bits per heavy atom. The number of aliphatic hydroxyl groups is 1. The maximum Gasteiger partial charge on any atom is 0.330 e. The Labute approximate surface area is 210 Å². The molecular weight excluding hydrogens is 513 g/mol. The minimum Gasteiger partial charge on any atom is -0.757 e. The zero-order valence-electron chi connectivity index (χ0n) is 19.9. The normalized spacial score (nSPS) is 21.0. The number of nitrogens with two attached hydrogens (primary N) is 2. The maximum absolute atomic E-state index is 11.7. The molecule has 1 aromatic carbocycles. The van der Waals surface area contributed by atoms with E-state index in [0.717, 1.165) is 5.56 Å². The van der Waals surface area contributed by atoms with Crippen LogP contribution < -0.4 is 32.1 Å². The number of aryl methyl sites for hydroxylation is 1. The number of H-pyrrole nitrogens is 1. The number of ether oxygens (including phenoxy) is 2. The molecule has 0 spiro atoms. The third-order valence-electron chi connectivity index (χ3n) is 5.15. The van der Waals surface area contributed by atoms with E-state index >= 15 is 0 Å². The van der Waals surface area contributed by atoms with Gasteiger partial charge in [0, 0.05) is 23.1 Å². The fourth-order valence-electron chi connectivity index (χ4n) is 3.37. The van der Waals surface area contributed by atoms with E-state index in [-0.39, 0.29) is 19.4 Å². The lowest BCUT2D eigenvalue weighted by atomic mass is 10.1. The Kier molecular flexibility index (Phi) is 10.6. The van der Waals surface area contributed by atoms with Gasteiger partial charge in [-0.2, -0.15) is 0 Å².